The van der Waals surface area contributed by atoms with Gasteiger partial charge in [0.1, 0.15) is 5.75 Å². The molecule has 3 aromatic carbocycles. The number of hydrogen-bond donors (Lipinski definition) is 1. The number of carbonyl (C=O) groups is 1. The van der Waals surface area contributed by atoms with E-state index in [1.165, 1.54) is 18.0 Å². The maximum atomic E-state index is 12.4. The van der Waals surface area contributed by atoms with Crippen molar-refractivity contribution in [1.29, 1.82) is 0 Å². The van der Waals surface area contributed by atoms with Gasteiger partial charge in [0.05, 0.1) is 29.1 Å². The first-order valence-corrected chi connectivity index (χ1v) is 11.8. The zero-order valence-electron chi connectivity index (χ0n) is 18.0. The van der Waals surface area contributed by atoms with Gasteiger partial charge in [-0.25, -0.2) is 5.43 Å². The van der Waals surface area contributed by atoms with E-state index < -0.39 is 0 Å². The van der Waals surface area contributed by atoms with Gasteiger partial charge in [-0.1, -0.05) is 59.2 Å². The summed E-state index contributed by atoms with van der Waals surface area (Å²) in [6.45, 7) is 0. The van der Waals surface area contributed by atoms with E-state index in [4.69, 9.17) is 27.9 Å². The second-order valence-electron chi connectivity index (χ2n) is 6.92. The van der Waals surface area contributed by atoms with Gasteiger partial charge in [0, 0.05) is 16.8 Å². The van der Waals surface area contributed by atoms with Crippen LogP contribution >= 0.6 is 35.0 Å². The summed E-state index contributed by atoms with van der Waals surface area (Å²) < 4.78 is 7.16. The van der Waals surface area contributed by atoms with Crippen LogP contribution in [0.15, 0.2) is 83.1 Å². The number of hydrazone groups is 1. The van der Waals surface area contributed by atoms with Crippen LogP contribution in [0, 0.1) is 0 Å². The van der Waals surface area contributed by atoms with Crippen LogP contribution in [-0.4, -0.2) is 39.7 Å². The molecule has 0 atom stereocenters. The zero-order valence-corrected chi connectivity index (χ0v) is 20.3. The molecule has 0 aliphatic carbocycles. The number of para-hydroxylation sites is 1. The number of rotatable bonds is 8. The molecule has 0 fully saturated rings. The fourth-order valence-electron chi connectivity index (χ4n) is 3.07. The summed E-state index contributed by atoms with van der Waals surface area (Å²) in [6.07, 6.45) is 1.42. The molecule has 1 aromatic heterocycles. The van der Waals surface area contributed by atoms with Gasteiger partial charge in [0.2, 0.25) is 0 Å². The van der Waals surface area contributed by atoms with Crippen LogP contribution in [0.2, 0.25) is 10.0 Å². The van der Waals surface area contributed by atoms with E-state index in [-0.39, 0.29) is 11.7 Å². The fourth-order valence-corrected chi connectivity index (χ4v) is 4.30. The highest BCUT2D eigenvalue weighted by atomic mass is 35.5. The molecule has 4 aromatic rings. The Kier molecular flexibility index (Phi) is 7.84. The Hall–Kier alpha value is -3.33. The number of nitrogens with one attached hydrogen (secondary N) is 1. The van der Waals surface area contributed by atoms with Gasteiger partial charge in [-0.3, -0.25) is 9.36 Å². The molecule has 4 rings (SSSR count). The van der Waals surface area contributed by atoms with Crippen molar-refractivity contribution in [2.24, 2.45) is 5.10 Å². The number of carbonyl (C=O) groups excluding carboxylic acids is 1. The van der Waals surface area contributed by atoms with E-state index in [1.54, 1.807) is 25.3 Å². The highest BCUT2D eigenvalue weighted by Crippen LogP contribution is 2.29. The molecule has 7 nitrogen and oxygen atoms in total. The molecule has 1 amide bonds. The molecule has 0 saturated carbocycles. The number of nitrogens with zero attached hydrogens (tertiary/aromatic N) is 4. The quantitative estimate of drug-likeness (QED) is 0.192. The van der Waals surface area contributed by atoms with E-state index in [0.29, 0.717) is 26.6 Å². The number of methoxy groups -OCH3 is 1. The van der Waals surface area contributed by atoms with Gasteiger partial charge >= 0.3 is 0 Å². The van der Waals surface area contributed by atoms with Gasteiger partial charge in [0.15, 0.2) is 11.0 Å². The lowest BCUT2D eigenvalue weighted by Crippen LogP contribution is -2.20. The predicted molar refractivity (Wildman–Crippen MR) is 136 cm³/mol. The SMILES string of the molecule is COc1ccc(-c2nnc(SCC(=O)N/N=C/c3c(Cl)cccc3Cl)n2-c2ccccc2)cc1. The monoisotopic (exact) mass is 511 g/mol. The summed E-state index contributed by atoms with van der Waals surface area (Å²) in [5.41, 5.74) is 4.77. The molecule has 0 saturated heterocycles. The smallest absolute Gasteiger partial charge is 0.250 e. The first-order chi connectivity index (χ1) is 16.6. The van der Waals surface area contributed by atoms with Crippen molar-refractivity contribution in [3.05, 3.63) is 88.4 Å². The third-order valence-corrected chi connectivity index (χ3v) is 6.30. The number of aromatic nitrogens is 3. The first-order valence-electron chi connectivity index (χ1n) is 10.1. The first kappa shape index (κ1) is 23.8. The molecule has 0 aliphatic rings. The second-order valence-corrected chi connectivity index (χ2v) is 8.68. The summed E-state index contributed by atoms with van der Waals surface area (Å²) in [7, 11) is 1.62. The van der Waals surface area contributed by atoms with E-state index >= 15 is 0 Å². The summed E-state index contributed by atoms with van der Waals surface area (Å²) >= 11 is 13.5. The van der Waals surface area contributed by atoms with Crippen molar-refractivity contribution in [1.82, 2.24) is 20.2 Å². The van der Waals surface area contributed by atoms with Crippen molar-refractivity contribution in [2.75, 3.05) is 12.9 Å². The third kappa shape index (κ3) is 5.59. The number of benzene rings is 3. The fraction of sp³-hybridized carbons (Fsp3) is 0.0833. The number of amides is 1. The Morgan fingerprint density at radius 3 is 2.41 bits per heavy atom. The minimum absolute atomic E-state index is 0.0845. The van der Waals surface area contributed by atoms with E-state index in [0.717, 1.165) is 17.0 Å². The number of thioether (sulfide) groups is 1. The lowest BCUT2D eigenvalue weighted by molar-refractivity contribution is -0.118. The standard InChI is InChI=1S/C24H19Cl2N5O2S/c1-33-18-12-10-16(11-13-18)23-29-30-24(31(23)17-6-3-2-4-7-17)34-15-22(32)28-27-14-19-20(25)8-5-9-21(19)26/h2-14H,15H2,1H3,(H,28,32)/b27-14+. The summed E-state index contributed by atoms with van der Waals surface area (Å²) in [4.78, 5) is 12.4. The molecular formula is C24H19Cl2N5O2S. The molecule has 0 aliphatic heterocycles. The maximum absolute atomic E-state index is 12.4. The Bertz CT molecular complexity index is 1290. The van der Waals surface area contributed by atoms with Gasteiger partial charge in [-0.05, 0) is 48.5 Å². The topological polar surface area (TPSA) is 81.4 Å². The average Bonchev–Trinajstić information content (AvgIpc) is 3.29. The van der Waals surface area contributed by atoms with Gasteiger partial charge < -0.3 is 4.74 Å². The third-order valence-electron chi connectivity index (χ3n) is 4.71. The van der Waals surface area contributed by atoms with Crippen LogP contribution in [0.3, 0.4) is 0 Å². The van der Waals surface area contributed by atoms with Crippen molar-refractivity contribution >= 4 is 47.1 Å². The molecule has 0 spiro atoms. The normalized spacial score (nSPS) is 11.0. The Morgan fingerprint density at radius 2 is 1.74 bits per heavy atom. The van der Waals surface area contributed by atoms with Crippen molar-refractivity contribution in [2.45, 2.75) is 5.16 Å². The number of halogens is 2. The molecule has 0 radical (unpaired) electrons. The summed E-state index contributed by atoms with van der Waals surface area (Å²) in [6, 6.07) is 22.4. The minimum Gasteiger partial charge on any atom is -0.497 e. The lowest BCUT2D eigenvalue weighted by Gasteiger charge is -2.10. The van der Waals surface area contributed by atoms with Crippen LogP contribution in [0.5, 0.6) is 5.75 Å². The Labute approximate surface area is 210 Å². The molecular weight excluding hydrogens is 493 g/mol. The van der Waals surface area contributed by atoms with Crippen molar-refractivity contribution < 1.29 is 9.53 Å². The van der Waals surface area contributed by atoms with E-state index in [2.05, 4.69) is 20.7 Å². The molecule has 1 heterocycles. The van der Waals surface area contributed by atoms with E-state index in [1.807, 2.05) is 59.2 Å². The zero-order chi connectivity index (χ0) is 23.9. The van der Waals surface area contributed by atoms with Crippen molar-refractivity contribution in [3.63, 3.8) is 0 Å². The van der Waals surface area contributed by atoms with E-state index in [9.17, 15) is 4.79 Å². The van der Waals surface area contributed by atoms with Crippen LogP contribution in [-0.2, 0) is 4.79 Å². The van der Waals surface area contributed by atoms with Gasteiger partial charge in [0.25, 0.3) is 5.91 Å². The lowest BCUT2D eigenvalue weighted by atomic mass is 10.2. The average molecular weight is 512 g/mol. The van der Waals surface area contributed by atoms with Crippen LogP contribution in [0.4, 0.5) is 0 Å². The second kappa shape index (κ2) is 11.2. The number of hydrogen-bond acceptors (Lipinski definition) is 6. The van der Waals surface area contributed by atoms with Crippen LogP contribution in [0.1, 0.15) is 5.56 Å². The minimum atomic E-state index is -0.307. The summed E-state index contributed by atoms with van der Waals surface area (Å²) in [5, 5.41) is 14.1. The predicted octanol–water partition coefficient (Wildman–Crippen LogP) is 5.49. The molecule has 34 heavy (non-hydrogen) atoms. The van der Waals surface area contributed by atoms with Crippen molar-refractivity contribution in [3.8, 4) is 22.8 Å². The molecule has 0 bridgehead atoms. The molecule has 10 heteroatoms. The summed E-state index contributed by atoms with van der Waals surface area (Å²) in [5.74, 6) is 1.18. The molecule has 0 unspecified atom stereocenters. The Morgan fingerprint density at radius 1 is 1.03 bits per heavy atom. The molecule has 172 valence electrons. The van der Waals surface area contributed by atoms with Gasteiger partial charge in [-0.2, -0.15) is 5.10 Å². The molecule has 1 N–H and O–H groups in total. The van der Waals surface area contributed by atoms with Gasteiger partial charge in [-0.15, -0.1) is 10.2 Å². The van der Waals surface area contributed by atoms with Crippen LogP contribution in [0.25, 0.3) is 17.1 Å². The number of ether oxygens (including phenoxy) is 1. The van der Waals surface area contributed by atoms with Crippen LogP contribution < -0.4 is 10.2 Å². The highest BCUT2D eigenvalue weighted by molar-refractivity contribution is 7.99. The highest BCUT2D eigenvalue weighted by Gasteiger charge is 2.17. The maximum Gasteiger partial charge on any atom is 0.250 e. The Balaban J connectivity index is 1.51. The largest absolute Gasteiger partial charge is 0.497 e.